The number of nitrogens with zero attached hydrogens (tertiary/aromatic N) is 2. The van der Waals surface area contributed by atoms with Crippen LogP contribution in [-0.4, -0.2) is 23.3 Å². The van der Waals surface area contributed by atoms with Crippen molar-refractivity contribution in [3.05, 3.63) is 10.6 Å². The molecule has 0 saturated carbocycles. The first kappa shape index (κ1) is 12.5. The molecule has 4 nitrogen and oxygen atoms in total. The first-order valence-electron chi connectivity index (χ1n) is 5.35. The highest BCUT2D eigenvalue weighted by Crippen LogP contribution is 2.23. The zero-order valence-electron chi connectivity index (χ0n) is 9.40. The first-order valence-corrected chi connectivity index (χ1v) is 6.12. The minimum atomic E-state index is 0.0710. The van der Waals surface area contributed by atoms with Crippen LogP contribution in [0.4, 0.5) is 0 Å². The zero-order chi connectivity index (χ0) is 11.1. The topological polar surface area (TPSA) is 61.0 Å². The van der Waals surface area contributed by atoms with Crippen LogP contribution < -0.4 is 5.73 Å². The minimum absolute atomic E-state index is 0.0710. The Kier molecular flexibility index (Phi) is 5.75. The van der Waals surface area contributed by atoms with Gasteiger partial charge in [0.05, 0.1) is 10.6 Å². The molecule has 1 rings (SSSR count). The van der Waals surface area contributed by atoms with Gasteiger partial charge in [-0.15, -0.1) is 5.10 Å². The van der Waals surface area contributed by atoms with Crippen LogP contribution in [-0.2, 0) is 11.2 Å². The van der Waals surface area contributed by atoms with Gasteiger partial charge in [0.15, 0.2) is 0 Å². The molecule has 1 atom stereocenters. The Bertz CT molecular complexity index is 277. The molecule has 0 aliphatic rings. The molecule has 15 heavy (non-hydrogen) atoms. The minimum Gasteiger partial charge on any atom is -0.385 e. The summed E-state index contributed by atoms with van der Waals surface area (Å²) in [5.74, 6) is 0. The summed E-state index contributed by atoms with van der Waals surface area (Å²) in [7, 11) is 1.71. The predicted molar refractivity (Wildman–Crippen MR) is 61.9 cm³/mol. The van der Waals surface area contributed by atoms with Crippen LogP contribution in [0.25, 0.3) is 0 Å². The van der Waals surface area contributed by atoms with Crippen LogP contribution in [0.2, 0.25) is 0 Å². The van der Waals surface area contributed by atoms with Crippen molar-refractivity contribution in [3.63, 3.8) is 0 Å². The van der Waals surface area contributed by atoms with Gasteiger partial charge in [-0.2, -0.15) is 0 Å². The molecule has 0 aliphatic carbocycles. The van der Waals surface area contributed by atoms with E-state index in [2.05, 4.69) is 16.5 Å². The van der Waals surface area contributed by atoms with E-state index >= 15 is 0 Å². The standard InChI is InChI=1S/C10H19N3OS/c1-3-5-9-10(15-13-12-9)8(11)6-4-7-14-2/h8H,3-7,11H2,1-2H3. The molecule has 0 saturated heterocycles. The second-order valence-corrected chi connectivity index (χ2v) is 4.36. The maximum absolute atomic E-state index is 6.09. The van der Waals surface area contributed by atoms with Gasteiger partial charge in [-0.25, -0.2) is 0 Å². The third-order valence-electron chi connectivity index (χ3n) is 2.27. The molecule has 0 bridgehead atoms. The van der Waals surface area contributed by atoms with E-state index < -0.39 is 0 Å². The molecule has 1 aromatic heterocycles. The average molecular weight is 229 g/mol. The summed E-state index contributed by atoms with van der Waals surface area (Å²) >= 11 is 1.43. The van der Waals surface area contributed by atoms with E-state index in [0.29, 0.717) is 0 Å². The number of nitrogens with two attached hydrogens (primary N) is 1. The molecule has 2 N–H and O–H groups in total. The van der Waals surface area contributed by atoms with Gasteiger partial charge in [-0.3, -0.25) is 0 Å². The van der Waals surface area contributed by atoms with Crippen molar-refractivity contribution in [1.29, 1.82) is 0 Å². The summed E-state index contributed by atoms with van der Waals surface area (Å²) in [5, 5.41) is 4.11. The van der Waals surface area contributed by atoms with Gasteiger partial charge >= 0.3 is 0 Å². The van der Waals surface area contributed by atoms with E-state index in [1.54, 1.807) is 7.11 Å². The lowest BCUT2D eigenvalue weighted by atomic mass is 10.1. The number of hydrogen-bond donors (Lipinski definition) is 1. The van der Waals surface area contributed by atoms with Crippen molar-refractivity contribution >= 4 is 11.5 Å². The Labute approximate surface area is 95.0 Å². The summed E-state index contributed by atoms with van der Waals surface area (Å²) in [6.07, 6.45) is 3.99. The number of aryl methyl sites for hydroxylation is 1. The van der Waals surface area contributed by atoms with Crippen molar-refractivity contribution in [2.24, 2.45) is 5.73 Å². The molecule has 5 heteroatoms. The number of hydrogen-bond acceptors (Lipinski definition) is 5. The molecule has 0 radical (unpaired) electrons. The highest BCUT2D eigenvalue weighted by atomic mass is 32.1. The number of ether oxygens (including phenoxy) is 1. The normalized spacial score (nSPS) is 13.0. The Morgan fingerprint density at radius 3 is 3.00 bits per heavy atom. The molecule has 0 aliphatic heterocycles. The average Bonchev–Trinajstić information content (AvgIpc) is 2.67. The van der Waals surface area contributed by atoms with Crippen LogP contribution in [0.3, 0.4) is 0 Å². The third-order valence-corrected chi connectivity index (χ3v) is 3.17. The van der Waals surface area contributed by atoms with Gasteiger partial charge in [0.25, 0.3) is 0 Å². The zero-order valence-corrected chi connectivity index (χ0v) is 10.2. The number of aromatic nitrogens is 2. The molecule has 0 amide bonds. The van der Waals surface area contributed by atoms with Crippen molar-refractivity contribution in [1.82, 2.24) is 9.59 Å². The molecule has 1 heterocycles. The highest BCUT2D eigenvalue weighted by Gasteiger charge is 2.14. The van der Waals surface area contributed by atoms with Crippen molar-refractivity contribution in [2.45, 2.75) is 38.6 Å². The SMILES string of the molecule is CCCc1nnsc1C(N)CCCOC. The summed E-state index contributed by atoms with van der Waals surface area (Å²) in [5.41, 5.74) is 7.16. The lowest BCUT2D eigenvalue weighted by molar-refractivity contribution is 0.190. The Hall–Kier alpha value is -0.520. The summed E-state index contributed by atoms with van der Waals surface area (Å²) in [4.78, 5) is 1.15. The van der Waals surface area contributed by atoms with Crippen LogP contribution >= 0.6 is 11.5 Å². The predicted octanol–water partition coefficient (Wildman–Crippen LogP) is 1.92. The van der Waals surface area contributed by atoms with E-state index in [1.165, 1.54) is 11.5 Å². The quantitative estimate of drug-likeness (QED) is 0.726. The van der Waals surface area contributed by atoms with Crippen LogP contribution in [0.15, 0.2) is 0 Å². The smallest absolute Gasteiger partial charge is 0.0803 e. The fraction of sp³-hybridized carbons (Fsp3) is 0.800. The van der Waals surface area contributed by atoms with Crippen molar-refractivity contribution in [3.8, 4) is 0 Å². The third kappa shape index (κ3) is 3.85. The fourth-order valence-corrected chi connectivity index (χ4v) is 2.21. The Morgan fingerprint density at radius 1 is 1.53 bits per heavy atom. The second-order valence-electron chi connectivity index (χ2n) is 3.58. The molecule has 0 fully saturated rings. The maximum Gasteiger partial charge on any atom is 0.0803 e. The van der Waals surface area contributed by atoms with Gasteiger partial charge in [-0.1, -0.05) is 17.8 Å². The summed E-state index contributed by atoms with van der Waals surface area (Å²) in [6, 6.07) is 0.0710. The number of methoxy groups -OCH3 is 1. The maximum atomic E-state index is 6.09. The van der Waals surface area contributed by atoms with Gasteiger partial charge in [0.2, 0.25) is 0 Å². The van der Waals surface area contributed by atoms with Gasteiger partial charge in [0, 0.05) is 19.8 Å². The van der Waals surface area contributed by atoms with Gasteiger partial charge < -0.3 is 10.5 Å². The first-order chi connectivity index (χ1) is 7.29. The molecular formula is C10H19N3OS. The lowest BCUT2D eigenvalue weighted by Gasteiger charge is -2.09. The van der Waals surface area contributed by atoms with Gasteiger partial charge in [-0.05, 0) is 30.8 Å². The van der Waals surface area contributed by atoms with Crippen molar-refractivity contribution < 1.29 is 4.74 Å². The molecule has 0 aromatic carbocycles. The fourth-order valence-electron chi connectivity index (χ4n) is 1.49. The lowest BCUT2D eigenvalue weighted by Crippen LogP contribution is -2.11. The van der Waals surface area contributed by atoms with Crippen LogP contribution in [0.5, 0.6) is 0 Å². The summed E-state index contributed by atoms with van der Waals surface area (Å²) < 4.78 is 8.97. The van der Waals surface area contributed by atoms with Crippen LogP contribution in [0.1, 0.15) is 42.8 Å². The van der Waals surface area contributed by atoms with E-state index in [9.17, 15) is 0 Å². The molecule has 1 unspecified atom stereocenters. The Morgan fingerprint density at radius 2 is 2.33 bits per heavy atom. The van der Waals surface area contributed by atoms with Gasteiger partial charge in [0.1, 0.15) is 0 Å². The van der Waals surface area contributed by atoms with E-state index in [0.717, 1.165) is 42.9 Å². The monoisotopic (exact) mass is 229 g/mol. The number of rotatable bonds is 7. The van der Waals surface area contributed by atoms with Crippen molar-refractivity contribution in [2.75, 3.05) is 13.7 Å². The molecule has 86 valence electrons. The van der Waals surface area contributed by atoms with E-state index in [1.807, 2.05) is 0 Å². The molecular weight excluding hydrogens is 210 g/mol. The van der Waals surface area contributed by atoms with E-state index in [-0.39, 0.29) is 6.04 Å². The summed E-state index contributed by atoms with van der Waals surface area (Å²) in [6.45, 7) is 2.91. The van der Waals surface area contributed by atoms with Crippen LogP contribution in [0, 0.1) is 0 Å². The second kappa shape index (κ2) is 6.87. The molecule has 1 aromatic rings. The highest BCUT2D eigenvalue weighted by molar-refractivity contribution is 7.05. The molecule has 0 spiro atoms. The van der Waals surface area contributed by atoms with E-state index in [4.69, 9.17) is 10.5 Å². The Balaban J connectivity index is 2.48. The largest absolute Gasteiger partial charge is 0.385 e.